The quantitative estimate of drug-likeness (QED) is 0.669. The summed E-state index contributed by atoms with van der Waals surface area (Å²) in [6.07, 6.45) is 1.17. The topological polar surface area (TPSA) is 38.7 Å². The Morgan fingerprint density at radius 3 is 2.80 bits per heavy atom. The smallest absolute Gasteiger partial charge is 0.0597 e. The number of hydrogen-bond donors (Lipinski definition) is 2. The van der Waals surface area contributed by atoms with Gasteiger partial charge in [0.05, 0.1) is 6.61 Å². The molecule has 90 valence electrons. The third-order valence-electron chi connectivity index (χ3n) is 2.96. The molecule has 0 bridgehead atoms. The molecule has 1 heterocycles. The predicted octanol–water partition coefficient (Wildman–Crippen LogP) is -0.407. The largest absolute Gasteiger partial charge is 0.395 e. The standard InChI is InChI=1S/C11H25N3O/c1-10-4-5-14(7-6-13(2)3)8-11(9-15)12-10/h10-12,15H,4-9H2,1-3H3. The lowest BCUT2D eigenvalue weighted by atomic mass is 10.2. The van der Waals surface area contributed by atoms with E-state index in [9.17, 15) is 5.11 Å². The maximum atomic E-state index is 9.23. The van der Waals surface area contributed by atoms with E-state index in [1.54, 1.807) is 0 Å². The van der Waals surface area contributed by atoms with Crippen LogP contribution < -0.4 is 5.32 Å². The molecule has 2 atom stereocenters. The van der Waals surface area contributed by atoms with Crippen molar-refractivity contribution in [2.75, 3.05) is 46.9 Å². The van der Waals surface area contributed by atoms with Gasteiger partial charge in [-0.3, -0.25) is 0 Å². The first-order chi connectivity index (χ1) is 7.11. The van der Waals surface area contributed by atoms with Crippen LogP contribution in [0, 0.1) is 0 Å². The number of hydrogen-bond acceptors (Lipinski definition) is 4. The van der Waals surface area contributed by atoms with Gasteiger partial charge < -0.3 is 20.2 Å². The number of nitrogens with one attached hydrogen (secondary N) is 1. The van der Waals surface area contributed by atoms with Crippen LogP contribution in [-0.2, 0) is 0 Å². The highest BCUT2D eigenvalue weighted by atomic mass is 16.3. The van der Waals surface area contributed by atoms with Crippen LogP contribution in [0.4, 0.5) is 0 Å². The normalized spacial score (nSPS) is 29.4. The summed E-state index contributed by atoms with van der Waals surface area (Å²) in [4.78, 5) is 4.65. The minimum Gasteiger partial charge on any atom is -0.395 e. The fourth-order valence-corrected chi connectivity index (χ4v) is 1.97. The van der Waals surface area contributed by atoms with E-state index in [1.807, 2.05) is 0 Å². The van der Waals surface area contributed by atoms with Crippen molar-refractivity contribution in [3.8, 4) is 0 Å². The van der Waals surface area contributed by atoms with Crippen LogP contribution in [0.2, 0.25) is 0 Å². The Balaban J connectivity index is 2.36. The maximum absolute atomic E-state index is 9.23. The third-order valence-corrected chi connectivity index (χ3v) is 2.96. The van der Waals surface area contributed by atoms with Gasteiger partial charge in [-0.05, 0) is 34.0 Å². The van der Waals surface area contributed by atoms with Crippen molar-refractivity contribution in [1.82, 2.24) is 15.1 Å². The Bertz CT molecular complexity index is 175. The van der Waals surface area contributed by atoms with Crippen LogP contribution in [-0.4, -0.2) is 73.9 Å². The van der Waals surface area contributed by atoms with E-state index in [-0.39, 0.29) is 12.6 Å². The summed E-state index contributed by atoms with van der Waals surface area (Å²) in [6.45, 7) is 6.72. The predicted molar refractivity (Wildman–Crippen MR) is 63.1 cm³/mol. The molecule has 2 unspecified atom stereocenters. The van der Waals surface area contributed by atoms with Crippen LogP contribution in [0.15, 0.2) is 0 Å². The van der Waals surface area contributed by atoms with E-state index in [1.165, 1.54) is 6.42 Å². The zero-order valence-corrected chi connectivity index (χ0v) is 10.2. The van der Waals surface area contributed by atoms with Crippen LogP contribution in [0.3, 0.4) is 0 Å². The molecule has 2 N–H and O–H groups in total. The Kier molecular flexibility index (Phi) is 5.53. The van der Waals surface area contributed by atoms with Gasteiger partial charge in [-0.15, -0.1) is 0 Å². The highest BCUT2D eigenvalue weighted by molar-refractivity contribution is 4.80. The number of aliphatic hydroxyl groups is 1. The lowest BCUT2D eigenvalue weighted by molar-refractivity contribution is 0.189. The molecule has 15 heavy (non-hydrogen) atoms. The van der Waals surface area contributed by atoms with Gasteiger partial charge in [-0.25, -0.2) is 0 Å². The Hall–Kier alpha value is -0.160. The second-order valence-electron chi connectivity index (χ2n) is 4.84. The fraction of sp³-hybridized carbons (Fsp3) is 1.00. The van der Waals surface area contributed by atoms with Gasteiger partial charge in [-0.1, -0.05) is 0 Å². The number of nitrogens with zero attached hydrogens (tertiary/aromatic N) is 2. The van der Waals surface area contributed by atoms with Gasteiger partial charge in [0.1, 0.15) is 0 Å². The van der Waals surface area contributed by atoms with E-state index in [4.69, 9.17) is 0 Å². The van der Waals surface area contributed by atoms with Crippen molar-refractivity contribution in [2.24, 2.45) is 0 Å². The van der Waals surface area contributed by atoms with E-state index in [0.29, 0.717) is 6.04 Å². The van der Waals surface area contributed by atoms with Gasteiger partial charge in [0, 0.05) is 31.7 Å². The van der Waals surface area contributed by atoms with Gasteiger partial charge >= 0.3 is 0 Å². The van der Waals surface area contributed by atoms with Crippen molar-refractivity contribution in [3.05, 3.63) is 0 Å². The fourth-order valence-electron chi connectivity index (χ4n) is 1.97. The Labute approximate surface area is 93.2 Å². The summed E-state index contributed by atoms with van der Waals surface area (Å²) in [7, 11) is 4.20. The molecule has 4 heteroatoms. The second-order valence-corrected chi connectivity index (χ2v) is 4.84. The van der Waals surface area contributed by atoms with Crippen LogP contribution in [0.5, 0.6) is 0 Å². The monoisotopic (exact) mass is 215 g/mol. The summed E-state index contributed by atoms with van der Waals surface area (Å²) in [6, 6.07) is 0.760. The zero-order chi connectivity index (χ0) is 11.3. The first-order valence-electron chi connectivity index (χ1n) is 5.86. The average molecular weight is 215 g/mol. The van der Waals surface area contributed by atoms with E-state index in [2.05, 4.69) is 36.1 Å². The van der Waals surface area contributed by atoms with Gasteiger partial charge in [0.2, 0.25) is 0 Å². The highest BCUT2D eigenvalue weighted by Gasteiger charge is 2.20. The number of likely N-dealkylation sites (N-methyl/N-ethyl adjacent to an activating group) is 1. The summed E-state index contributed by atoms with van der Waals surface area (Å²) in [5, 5.41) is 12.7. The highest BCUT2D eigenvalue weighted by Crippen LogP contribution is 2.05. The molecule has 0 aromatic heterocycles. The SMILES string of the molecule is CC1CCN(CCN(C)C)CC(CO)N1. The van der Waals surface area contributed by atoms with Gasteiger partial charge in [0.25, 0.3) is 0 Å². The summed E-state index contributed by atoms with van der Waals surface area (Å²) < 4.78 is 0. The minimum absolute atomic E-state index is 0.239. The van der Waals surface area contributed by atoms with Crippen molar-refractivity contribution >= 4 is 0 Å². The second kappa shape index (κ2) is 6.43. The molecule has 0 saturated carbocycles. The summed E-state index contributed by atoms with van der Waals surface area (Å²) >= 11 is 0. The summed E-state index contributed by atoms with van der Waals surface area (Å²) in [5.41, 5.74) is 0. The number of aliphatic hydroxyl groups excluding tert-OH is 1. The maximum Gasteiger partial charge on any atom is 0.0597 e. The molecule has 4 nitrogen and oxygen atoms in total. The average Bonchev–Trinajstić information content (AvgIpc) is 2.37. The molecule has 1 rings (SSSR count). The number of rotatable bonds is 4. The van der Waals surface area contributed by atoms with E-state index < -0.39 is 0 Å². The summed E-state index contributed by atoms with van der Waals surface area (Å²) in [5.74, 6) is 0. The molecular formula is C11H25N3O. The van der Waals surface area contributed by atoms with Crippen LogP contribution in [0.1, 0.15) is 13.3 Å². The van der Waals surface area contributed by atoms with Gasteiger partial charge in [-0.2, -0.15) is 0 Å². The van der Waals surface area contributed by atoms with Crippen molar-refractivity contribution in [3.63, 3.8) is 0 Å². The molecule has 1 aliphatic heterocycles. The zero-order valence-electron chi connectivity index (χ0n) is 10.2. The Morgan fingerprint density at radius 1 is 1.47 bits per heavy atom. The van der Waals surface area contributed by atoms with E-state index >= 15 is 0 Å². The molecule has 0 aromatic carbocycles. The lowest BCUT2D eigenvalue weighted by Gasteiger charge is -2.24. The molecular weight excluding hydrogens is 190 g/mol. The molecule has 0 aliphatic carbocycles. The molecule has 0 aromatic rings. The lowest BCUT2D eigenvalue weighted by Crippen LogP contribution is -2.43. The molecule has 1 saturated heterocycles. The van der Waals surface area contributed by atoms with Crippen molar-refractivity contribution in [2.45, 2.75) is 25.4 Å². The molecule has 1 fully saturated rings. The molecule has 0 amide bonds. The minimum atomic E-state index is 0.239. The molecule has 1 aliphatic rings. The van der Waals surface area contributed by atoms with Crippen LogP contribution >= 0.6 is 0 Å². The molecule has 0 spiro atoms. The first kappa shape index (κ1) is 12.9. The Morgan fingerprint density at radius 2 is 2.20 bits per heavy atom. The van der Waals surface area contributed by atoms with Crippen molar-refractivity contribution in [1.29, 1.82) is 0 Å². The van der Waals surface area contributed by atoms with E-state index in [0.717, 1.165) is 26.2 Å². The third kappa shape index (κ3) is 4.93. The van der Waals surface area contributed by atoms with Gasteiger partial charge in [0.15, 0.2) is 0 Å². The van der Waals surface area contributed by atoms with Crippen LogP contribution in [0.25, 0.3) is 0 Å². The van der Waals surface area contributed by atoms with Crippen molar-refractivity contribution < 1.29 is 5.11 Å². The molecule has 0 radical (unpaired) electrons. The first-order valence-corrected chi connectivity index (χ1v) is 5.86.